The molecular formula is C20H20N4O4. The molecule has 28 heavy (non-hydrogen) atoms. The van der Waals surface area contributed by atoms with Crippen molar-refractivity contribution >= 4 is 17.6 Å². The van der Waals surface area contributed by atoms with Crippen LogP contribution in [0.5, 0.6) is 6.01 Å². The lowest BCUT2D eigenvalue weighted by atomic mass is 9.93. The third kappa shape index (κ3) is 2.76. The monoisotopic (exact) mass is 380 g/mol. The molecule has 3 heterocycles. The van der Waals surface area contributed by atoms with Crippen LogP contribution < -0.4 is 15.0 Å². The summed E-state index contributed by atoms with van der Waals surface area (Å²) in [5.41, 5.74) is 1.73. The lowest BCUT2D eigenvalue weighted by molar-refractivity contribution is -0.121. The highest BCUT2D eigenvalue weighted by atomic mass is 16.5. The predicted octanol–water partition coefficient (Wildman–Crippen LogP) is 2.60. The third-order valence-corrected chi connectivity index (χ3v) is 5.35. The Kier molecular flexibility index (Phi) is 3.59. The summed E-state index contributed by atoms with van der Waals surface area (Å²) in [5, 5.41) is 2.63. The van der Waals surface area contributed by atoms with Crippen LogP contribution >= 0.6 is 0 Å². The topological polar surface area (TPSA) is 93.7 Å². The summed E-state index contributed by atoms with van der Waals surface area (Å²) in [6.07, 6.45) is 11.9. The fourth-order valence-corrected chi connectivity index (χ4v) is 3.64. The molecule has 144 valence electrons. The molecule has 3 amide bonds. The second-order valence-electron chi connectivity index (χ2n) is 7.97. The van der Waals surface area contributed by atoms with Crippen LogP contribution in [-0.4, -0.2) is 33.5 Å². The minimum absolute atomic E-state index is 0.133. The number of urea groups is 1. The number of carbonyl (C=O) groups is 2. The van der Waals surface area contributed by atoms with Gasteiger partial charge in [0.05, 0.1) is 24.3 Å². The quantitative estimate of drug-likeness (QED) is 0.807. The van der Waals surface area contributed by atoms with Gasteiger partial charge in [-0.25, -0.2) is 19.7 Å². The van der Waals surface area contributed by atoms with Gasteiger partial charge < -0.3 is 14.8 Å². The SMILES string of the molecule is CC1(C)NC(=O)N(c2cnc(OC3=CCC4=COC(C5CC5)C4=C3)nc2)C1=O. The van der Waals surface area contributed by atoms with E-state index in [0.29, 0.717) is 17.4 Å². The van der Waals surface area contributed by atoms with Gasteiger partial charge in [0, 0.05) is 11.5 Å². The first-order valence-electron chi connectivity index (χ1n) is 9.35. The average Bonchev–Trinajstić information content (AvgIpc) is 3.37. The number of amides is 3. The van der Waals surface area contributed by atoms with Crippen LogP contribution in [0.1, 0.15) is 33.1 Å². The highest BCUT2D eigenvalue weighted by Gasteiger charge is 2.45. The van der Waals surface area contributed by atoms with E-state index in [1.54, 1.807) is 13.8 Å². The molecule has 1 saturated carbocycles. The second kappa shape index (κ2) is 5.92. The summed E-state index contributed by atoms with van der Waals surface area (Å²) < 4.78 is 11.6. The summed E-state index contributed by atoms with van der Waals surface area (Å²) in [7, 11) is 0. The van der Waals surface area contributed by atoms with E-state index >= 15 is 0 Å². The van der Waals surface area contributed by atoms with Gasteiger partial charge in [0.2, 0.25) is 0 Å². The van der Waals surface area contributed by atoms with Crippen molar-refractivity contribution in [3.05, 3.63) is 47.7 Å². The number of hydrogen-bond donors (Lipinski definition) is 1. The van der Waals surface area contributed by atoms with E-state index in [1.165, 1.54) is 36.4 Å². The first-order chi connectivity index (χ1) is 13.4. The number of hydrogen-bond acceptors (Lipinski definition) is 6. The molecule has 2 aliphatic carbocycles. The Bertz CT molecular complexity index is 957. The molecule has 0 spiro atoms. The number of rotatable bonds is 4. The van der Waals surface area contributed by atoms with Crippen molar-refractivity contribution in [3.63, 3.8) is 0 Å². The maximum absolute atomic E-state index is 12.4. The lowest BCUT2D eigenvalue weighted by Gasteiger charge is -2.17. The van der Waals surface area contributed by atoms with Crippen LogP contribution in [0.2, 0.25) is 0 Å². The Balaban J connectivity index is 1.31. The number of ether oxygens (including phenoxy) is 2. The zero-order chi connectivity index (χ0) is 19.5. The number of anilines is 1. The summed E-state index contributed by atoms with van der Waals surface area (Å²) >= 11 is 0. The maximum Gasteiger partial charge on any atom is 0.329 e. The van der Waals surface area contributed by atoms with Gasteiger partial charge in [-0.15, -0.1) is 0 Å². The normalized spacial score (nSPS) is 25.4. The first kappa shape index (κ1) is 17.0. The zero-order valence-electron chi connectivity index (χ0n) is 15.6. The lowest BCUT2D eigenvalue weighted by Crippen LogP contribution is -2.40. The number of fused-ring (bicyclic) bond motifs is 1. The molecule has 5 rings (SSSR count). The number of imide groups is 1. The Morgan fingerprint density at radius 2 is 2.00 bits per heavy atom. The van der Waals surface area contributed by atoms with Crippen LogP contribution in [-0.2, 0) is 9.53 Å². The van der Waals surface area contributed by atoms with Gasteiger partial charge in [-0.05, 0) is 50.8 Å². The van der Waals surface area contributed by atoms with Crippen LogP contribution in [0.15, 0.2) is 47.7 Å². The number of allylic oxidation sites excluding steroid dienone is 2. The van der Waals surface area contributed by atoms with Crippen LogP contribution in [0.3, 0.4) is 0 Å². The third-order valence-electron chi connectivity index (χ3n) is 5.35. The van der Waals surface area contributed by atoms with Crippen molar-refractivity contribution in [3.8, 4) is 6.01 Å². The molecule has 2 aliphatic heterocycles. The molecule has 1 atom stereocenters. The number of nitrogens with zero attached hydrogens (tertiary/aromatic N) is 3. The fraction of sp³-hybridized carbons (Fsp3) is 0.400. The molecule has 2 fully saturated rings. The maximum atomic E-state index is 12.4. The highest BCUT2D eigenvalue weighted by Crippen LogP contribution is 2.44. The molecule has 0 bridgehead atoms. The second-order valence-corrected chi connectivity index (χ2v) is 7.97. The molecule has 1 aromatic heterocycles. The van der Waals surface area contributed by atoms with Crippen molar-refractivity contribution in [2.75, 3.05) is 4.90 Å². The van der Waals surface area contributed by atoms with Crippen molar-refractivity contribution < 1.29 is 19.1 Å². The highest BCUT2D eigenvalue weighted by molar-refractivity contribution is 6.22. The average molecular weight is 380 g/mol. The number of aromatic nitrogens is 2. The van der Waals surface area contributed by atoms with E-state index in [4.69, 9.17) is 9.47 Å². The molecule has 4 aliphatic rings. The summed E-state index contributed by atoms with van der Waals surface area (Å²) in [6.45, 7) is 3.30. The largest absolute Gasteiger partial charge is 0.493 e. The molecule has 0 radical (unpaired) electrons. The van der Waals surface area contributed by atoms with E-state index < -0.39 is 11.6 Å². The number of carbonyl (C=O) groups excluding carboxylic acids is 2. The molecule has 8 heteroatoms. The molecular weight excluding hydrogens is 360 g/mol. The summed E-state index contributed by atoms with van der Waals surface area (Å²) in [4.78, 5) is 33.8. The summed E-state index contributed by atoms with van der Waals surface area (Å²) in [6, 6.07) is -0.328. The van der Waals surface area contributed by atoms with Crippen molar-refractivity contribution in [2.24, 2.45) is 5.92 Å². The van der Waals surface area contributed by atoms with E-state index in [-0.39, 0.29) is 18.0 Å². The fourth-order valence-electron chi connectivity index (χ4n) is 3.64. The van der Waals surface area contributed by atoms with Crippen molar-refractivity contribution in [2.45, 2.75) is 44.8 Å². The van der Waals surface area contributed by atoms with E-state index in [9.17, 15) is 9.59 Å². The van der Waals surface area contributed by atoms with Gasteiger partial charge in [-0.1, -0.05) is 0 Å². The van der Waals surface area contributed by atoms with Gasteiger partial charge in [-0.2, -0.15) is 0 Å². The summed E-state index contributed by atoms with van der Waals surface area (Å²) in [5.74, 6) is 0.927. The molecule has 1 unspecified atom stereocenters. The van der Waals surface area contributed by atoms with Gasteiger partial charge in [0.1, 0.15) is 17.4 Å². The standard InChI is InChI=1S/C20H20N4O4/c1-20(2)17(25)24(19(26)23-20)13-8-21-18(22-9-13)28-14-6-5-12-10-27-16(11-3-4-11)15(12)7-14/h6-11,16H,3-5H2,1-2H3,(H,23,26). The minimum atomic E-state index is -0.946. The Labute approximate surface area is 161 Å². The Morgan fingerprint density at radius 1 is 1.25 bits per heavy atom. The van der Waals surface area contributed by atoms with E-state index in [2.05, 4.69) is 15.3 Å². The van der Waals surface area contributed by atoms with Gasteiger partial charge >= 0.3 is 12.0 Å². The van der Waals surface area contributed by atoms with Crippen LogP contribution in [0.25, 0.3) is 0 Å². The number of nitrogens with one attached hydrogen (secondary N) is 1. The van der Waals surface area contributed by atoms with Crippen molar-refractivity contribution in [1.29, 1.82) is 0 Å². The first-order valence-corrected chi connectivity index (χ1v) is 9.35. The minimum Gasteiger partial charge on any atom is -0.493 e. The van der Waals surface area contributed by atoms with Gasteiger partial charge in [0.25, 0.3) is 5.91 Å². The molecule has 1 N–H and O–H groups in total. The van der Waals surface area contributed by atoms with Crippen LogP contribution in [0, 0.1) is 5.92 Å². The van der Waals surface area contributed by atoms with E-state index in [1.807, 2.05) is 18.4 Å². The van der Waals surface area contributed by atoms with Gasteiger partial charge in [0.15, 0.2) is 0 Å². The Morgan fingerprint density at radius 3 is 2.64 bits per heavy atom. The smallest absolute Gasteiger partial charge is 0.329 e. The zero-order valence-corrected chi connectivity index (χ0v) is 15.6. The van der Waals surface area contributed by atoms with Crippen molar-refractivity contribution in [1.82, 2.24) is 15.3 Å². The molecule has 1 saturated heterocycles. The molecule has 0 aromatic carbocycles. The predicted molar refractivity (Wildman–Crippen MR) is 99.2 cm³/mol. The molecule has 8 nitrogen and oxygen atoms in total. The van der Waals surface area contributed by atoms with E-state index in [0.717, 1.165) is 11.3 Å². The Hall–Kier alpha value is -3.16. The van der Waals surface area contributed by atoms with Crippen LogP contribution in [0.4, 0.5) is 10.5 Å². The molecule has 1 aromatic rings. The van der Waals surface area contributed by atoms with Gasteiger partial charge in [-0.3, -0.25) is 4.79 Å².